The SMILES string of the molecule is O=Cc1ccnc(-c2cncs2)n1. The fourth-order valence-electron chi connectivity index (χ4n) is 0.883. The van der Waals surface area contributed by atoms with Crippen LogP contribution in [0.3, 0.4) is 0 Å². The van der Waals surface area contributed by atoms with E-state index < -0.39 is 0 Å². The van der Waals surface area contributed by atoms with Crippen LogP contribution in [0, 0.1) is 0 Å². The molecule has 4 nitrogen and oxygen atoms in total. The highest BCUT2D eigenvalue weighted by molar-refractivity contribution is 7.13. The van der Waals surface area contributed by atoms with Crippen molar-refractivity contribution >= 4 is 17.6 Å². The molecule has 0 amide bonds. The van der Waals surface area contributed by atoms with Gasteiger partial charge in [0.2, 0.25) is 0 Å². The number of hydrogen-bond acceptors (Lipinski definition) is 5. The van der Waals surface area contributed by atoms with Crippen molar-refractivity contribution in [2.45, 2.75) is 0 Å². The fourth-order valence-corrected chi connectivity index (χ4v) is 1.44. The second-order valence-corrected chi connectivity index (χ2v) is 3.17. The van der Waals surface area contributed by atoms with E-state index in [2.05, 4.69) is 15.0 Å². The largest absolute Gasteiger partial charge is 0.296 e. The number of hydrogen-bond donors (Lipinski definition) is 0. The van der Waals surface area contributed by atoms with Crippen molar-refractivity contribution in [2.75, 3.05) is 0 Å². The lowest BCUT2D eigenvalue weighted by atomic mass is 10.4. The summed E-state index contributed by atoms with van der Waals surface area (Å²) in [5.41, 5.74) is 2.09. The van der Waals surface area contributed by atoms with Gasteiger partial charge < -0.3 is 0 Å². The zero-order valence-electron chi connectivity index (χ0n) is 6.54. The molecule has 5 heteroatoms. The van der Waals surface area contributed by atoms with Crippen LogP contribution in [0.1, 0.15) is 10.5 Å². The minimum Gasteiger partial charge on any atom is -0.296 e. The molecule has 2 aromatic rings. The highest BCUT2D eigenvalue weighted by atomic mass is 32.1. The standard InChI is InChI=1S/C8H5N3OS/c12-4-6-1-2-10-8(11-6)7-3-9-5-13-7/h1-5H. The molecule has 0 radical (unpaired) electrons. The summed E-state index contributed by atoms with van der Waals surface area (Å²) >= 11 is 1.44. The van der Waals surface area contributed by atoms with E-state index in [0.717, 1.165) is 4.88 Å². The van der Waals surface area contributed by atoms with Crippen LogP contribution in [-0.4, -0.2) is 21.2 Å². The van der Waals surface area contributed by atoms with Crippen molar-refractivity contribution in [2.24, 2.45) is 0 Å². The molecule has 0 spiro atoms. The Balaban J connectivity index is 2.47. The van der Waals surface area contributed by atoms with Crippen molar-refractivity contribution in [1.82, 2.24) is 15.0 Å². The zero-order chi connectivity index (χ0) is 9.10. The van der Waals surface area contributed by atoms with E-state index in [1.54, 1.807) is 24.0 Å². The maximum Gasteiger partial charge on any atom is 0.171 e. The molecule has 2 heterocycles. The van der Waals surface area contributed by atoms with Gasteiger partial charge in [-0.25, -0.2) is 9.97 Å². The van der Waals surface area contributed by atoms with Gasteiger partial charge in [0.05, 0.1) is 10.4 Å². The van der Waals surface area contributed by atoms with Crippen LogP contribution in [0.2, 0.25) is 0 Å². The second kappa shape index (κ2) is 3.40. The molecular weight excluding hydrogens is 186 g/mol. The monoisotopic (exact) mass is 191 g/mol. The third-order valence-corrected chi connectivity index (χ3v) is 2.22. The molecule has 2 aromatic heterocycles. The van der Waals surface area contributed by atoms with Crippen molar-refractivity contribution < 1.29 is 4.79 Å². The van der Waals surface area contributed by atoms with Gasteiger partial charge in [0.15, 0.2) is 12.1 Å². The van der Waals surface area contributed by atoms with Crippen LogP contribution in [0.4, 0.5) is 0 Å². The lowest BCUT2D eigenvalue weighted by Crippen LogP contribution is -1.91. The second-order valence-electron chi connectivity index (χ2n) is 2.29. The number of carbonyl (C=O) groups excluding carboxylic acids is 1. The molecule has 0 saturated carbocycles. The Morgan fingerprint density at radius 1 is 1.46 bits per heavy atom. The van der Waals surface area contributed by atoms with E-state index in [-0.39, 0.29) is 0 Å². The third kappa shape index (κ3) is 1.59. The molecule has 0 aliphatic rings. The van der Waals surface area contributed by atoms with Gasteiger partial charge in [-0.2, -0.15) is 0 Å². The lowest BCUT2D eigenvalue weighted by Gasteiger charge is -1.94. The topological polar surface area (TPSA) is 55.7 Å². The minimum absolute atomic E-state index is 0.387. The molecule has 0 fully saturated rings. The molecule has 0 atom stereocenters. The molecule has 2 rings (SSSR count). The summed E-state index contributed by atoms with van der Waals surface area (Å²) in [6.45, 7) is 0. The zero-order valence-corrected chi connectivity index (χ0v) is 7.36. The van der Waals surface area contributed by atoms with Crippen molar-refractivity contribution in [3.63, 3.8) is 0 Å². The van der Waals surface area contributed by atoms with Crippen LogP contribution >= 0.6 is 11.3 Å². The Labute approximate surface area is 78.3 Å². The molecule has 64 valence electrons. The molecular formula is C8H5N3OS. The third-order valence-electron chi connectivity index (χ3n) is 1.45. The Hall–Kier alpha value is -1.62. The summed E-state index contributed by atoms with van der Waals surface area (Å²) in [4.78, 5) is 23.2. The highest BCUT2D eigenvalue weighted by Gasteiger charge is 2.02. The molecule has 0 aliphatic carbocycles. The van der Waals surface area contributed by atoms with Gasteiger partial charge in [0.1, 0.15) is 5.69 Å². The molecule has 0 bridgehead atoms. The summed E-state index contributed by atoms with van der Waals surface area (Å²) < 4.78 is 0. The molecule has 0 N–H and O–H groups in total. The van der Waals surface area contributed by atoms with Crippen molar-refractivity contribution in [3.8, 4) is 10.7 Å². The smallest absolute Gasteiger partial charge is 0.171 e. The summed E-state index contributed by atoms with van der Waals surface area (Å²) in [7, 11) is 0. The first-order valence-electron chi connectivity index (χ1n) is 3.57. The van der Waals surface area contributed by atoms with E-state index in [1.165, 1.54) is 11.3 Å². The van der Waals surface area contributed by atoms with Crippen LogP contribution in [0.5, 0.6) is 0 Å². The van der Waals surface area contributed by atoms with Crippen LogP contribution in [0.15, 0.2) is 24.0 Å². The van der Waals surface area contributed by atoms with Crippen LogP contribution in [-0.2, 0) is 0 Å². The Bertz CT molecular complexity index is 413. The van der Waals surface area contributed by atoms with E-state index in [0.29, 0.717) is 17.8 Å². The summed E-state index contributed by atoms with van der Waals surface area (Å²) in [5, 5.41) is 0. The first-order valence-corrected chi connectivity index (χ1v) is 4.45. The molecule has 0 aromatic carbocycles. The Morgan fingerprint density at radius 3 is 3.08 bits per heavy atom. The predicted octanol–water partition coefficient (Wildman–Crippen LogP) is 1.41. The van der Waals surface area contributed by atoms with Gasteiger partial charge in [-0.3, -0.25) is 9.78 Å². The first kappa shape index (κ1) is 8.00. The summed E-state index contributed by atoms with van der Waals surface area (Å²) in [6.07, 6.45) is 3.94. The van der Waals surface area contributed by atoms with E-state index >= 15 is 0 Å². The predicted molar refractivity (Wildman–Crippen MR) is 48.5 cm³/mol. The lowest BCUT2D eigenvalue weighted by molar-refractivity contribution is 0.111. The Morgan fingerprint density at radius 2 is 2.38 bits per heavy atom. The fraction of sp³-hybridized carbons (Fsp3) is 0. The maximum absolute atomic E-state index is 10.4. The molecule has 0 saturated heterocycles. The maximum atomic E-state index is 10.4. The number of rotatable bonds is 2. The minimum atomic E-state index is 0.387. The number of aromatic nitrogens is 3. The van der Waals surface area contributed by atoms with Crippen molar-refractivity contribution in [3.05, 3.63) is 29.7 Å². The number of thiazole rings is 1. The van der Waals surface area contributed by atoms with Gasteiger partial charge >= 0.3 is 0 Å². The van der Waals surface area contributed by atoms with E-state index in [9.17, 15) is 4.79 Å². The van der Waals surface area contributed by atoms with Gasteiger partial charge in [-0.1, -0.05) is 0 Å². The average molecular weight is 191 g/mol. The van der Waals surface area contributed by atoms with Gasteiger partial charge in [-0.05, 0) is 6.07 Å². The number of nitrogens with zero attached hydrogens (tertiary/aromatic N) is 3. The van der Waals surface area contributed by atoms with Gasteiger partial charge in [-0.15, -0.1) is 11.3 Å². The summed E-state index contributed by atoms with van der Waals surface area (Å²) in [5.74, 6) is 0.548. The van der Waals surface area contributed by atoms with E-state index in [1.807, 2.05) is 0 Å². The van der Waals surface area contributed by atoms with Crippen LogP contribution in [0.25, 0.3) is 10.7 Å². The van der Waals surface area contributed by atoms with Gasteiger partial charge in [0, 0.05) is 12.4 Å². The Kier molecular flexibility index (Phi) is 2.09. The van der Waals surface area contributed by atoms with E-state index in [4.69, 9.17) is 0 Å². The summed E-state index contributed by atoms with van der Waals surface area (Å²) in [6, 6.07) is 1.57. The quantitative estimate of drug-likeness (QED) is 0.673. The van der Waals surface area contributed by atoms with Crippen molar-refractivity contribution in [1.29, 1.82) is 0 Å². The highest BCUT2D eigenvalue weighted by Crippen LogP contribution is 2.17. The van der Waals surface area contributed by atoms with Crippen LogP contribution < -0.4 is 0 Å². The van der Waals surface area contributed by atoms with Gasteiger partial charge in [0.25, 0.3) is 0 Å². The number of carbonyl (C=O) groups is 1. The normalized spacial score (nSPS) is 9.85. The average Bonchev–Trinajstić information content (AvgIpc) is 2.71. The molecule has 0 unspecified atom stereocenters. The number of aldehydes is 1. The first-order chi connectivity index (χ1) is 6.40. The molecule has 0 aliphatic heterocycles. The molecule has 13 heavy (non-hydrogen) atoms.